The molecule has 1 heterocycles. The van der Waals surface area contributed by atoms with Gasteiger partial charge in [-0.1, -0.05) is 19.8 Å². The lowest BCUT2D eigenvalue weighted by molar-refractivity contribution is -0.138. The summed E-state index contributed by atoms with van der Waals surface area (Å²) in [5.41, 5.74) is 0. The van der Waals surface area contributed by atoms with Crippen molar-refractivity contribution in [3.8, 4) is 0 Å². The van der Waals surface area contributed by atoms with Gasteiger partial charge in [-0.2, -0.15) is 0 Å². The lowest BCUT2D eigenvalue weighted by Crippen LogP contribution is -2.47. The molecule has 0 aromatic heterocycles. The van der Waals surface area contributed by atoms with E-state index < -0.39 is 0 Å². The van der Waals surface area contributed by atoms with Gasteiger partial charge in [0.2, 0.25) is 5.91 Å². The van der Waals surface area contributed by atoms with Crippen molar-refractivity contribution in [1.29, 1.82) is 0 Å². The van der Waals surface area contributed by atoms with Crippen molar-refractivity contribution in [3.63, 3.8) is 0 Å². The average molecular weight is 275 g/mol. The van der Waals surface area contributed by atoms with Crippen molar-refractivity contribution in [2.75, 3.05) is 20.1 Å². The number of halogens is 1. The second-order valence-corrected chi connectivity index (χ2v) is 5.80. The Hall–Kier alpha value is -0.280. The highest BCUT2D eigenvalue weighted by Crippen LogP contribution is 2.29. The lowest BCUT2D eigenvalue weighted by Gasteiger charge is -2.38. The van der Waals surface area contributed by atoms with Crippen LogP contribution in [0.2, 0.25) is 0 Å². The molecule has 0 radical (unpaired) electrons. The summed E-state index contributed by atoms with van der Waals surface area (Å²) in [5, 5.41) is 3.33. The highest BCUT2D eigenvalue weighted by molar-refractivity contribution is 5.85. The normalized spacial score (nSPS) is 29.4. The van der Waals surface area contributed by atoms with E-state index in [4.69, 9.17) is 0 Å². The van der Waals surface area contributed by atoms with Crippen LogP contribution in [0.25, 0.3) is 0 Å². The third kappa shape index (κ3) is 3.61. The topological polar surface area (TPSA) is 32.3 Å². The van der Waals surface area contributed by atoms with E-state index >= 15 is 0 Å². The fourth-order valence-corrected chi connectivity index (χ4v) is 3.39. The molecule has 18 heavy (non-hydrogen) atoms. The maximum Gasteiger partial charge on any atom is 0.225 e. The van der Waals surface area contributed by atoms with Gasteiger partial charge in [0.1, 0.15) is 0 Å². The first-order chi connectivity index (χ1) is 8.20. The smallest absolute Gasteiger partial charge is 0.225 e. The zero-order valence-corrected chi connectivity index (χ0v) is 12.5. The second-order valence-electron chi connectivity index (χ2n) is 5.80. The summed E-state index contributed by atoms with van der Waals surface area (Å²) in [6, 6.07) is 0.492. The summed E-state index contributed by atoms with van der Waals surface area (Å²) in [7, 11) is 2.02. The van der Waals surface area contributed by atoms with Gasteiger partial charge in [-0.15, -0.1) is 12.4 Å². The van der Waals surface area contributed by atoms with Crippen molar-refractivity contribution in [2.24, 2.45) is 11.8 Å². The number of piperidine rings is 1. The Morgan fingerprint density at radius 1 is 1.11 bits per heavy atom. The molecular formula is C14H27ClN2O. The average Bonchev–Trinajstić information content (AvgIpc) is 2.39. The number of nitrogens with one attached hydrogen (secondary N) is 1. The molecule has 1 N–H and O–H groups in total. The van der Waals surface area contributed by atoms with Gasteiger partial charge in [-0.25, -0.2) is 0 Å². The molecule has 1 aliphatic carbocycles. The first-order valence-corrected chi connectivity index (χ1v) is 7.17. The Morgan fingerprint density at radius 2 is 1.72 bits per heavy atom. The molecule has 2 unspecified atom stereocenters. The van der Waals surface area contributed by atoms with E-state index in [1.165, 1.54) is 25.7 Å². The number of carbonyl (C=O) groups excluding carboxylic acids is 1. The van der Waals surface area contributed by atoms with Crippen LogP contribution in [0.1, 0.15) is 45.4 Å². The van der Waals surface area contributed by atoms with Gasteiger partial charge in [0.15, 0.2) is 0 Å². The Morgan fingerprint density at radius 3 is 2.33 bits per heavy atom. The van der Waals surface area contributed by atoms with Crippen LogP contribution in [0.4, 0.5) is 0 Å². The van der Waals surface area contributed by atoms with E-state index in [0.29, 0.717) is 17.9 Å². The summed E-state index contributed by atoms with van der Waals surface area (Å²) in [6.45, 7) is 4.31. The van der Waals surface area contributed by atoms with Crippen molar-refractivity contribution < 1.29 is 4.79 Å². The van der Waals surface area contributed by atoms with Gasteiger partial charge in [0.25, 0.3) is 0 Å². The minimum atomic E-state index is 0. The number of amides is 1. The quantitative estimate of drug-likeness (QED) is 0.839. The fourth-order valence-electron chi connectivity index (χ4n) is 3.39. The Kier molecular flexibility index (Phi) is 6.44. The van der Waals surface area contributed by atoms with E-state index in [2.05, 4.69) is 17.1 Å². The molecule has 2 aliphatic rings. The van der Waals surface area contributed by atoms with E-state index in [-0.39, 0.29) is 18.3 Å². The Bertz CT molecular complexity index is 267. The Balaban J connectivity index is 0.00000162. The monoisotopic (exact) mass is 274 g/mol. The van der Waals surface area contributed by atoms with Gasteiger partial charge in [-0.05, 0) is 44.7 Å². The number of rotatable bonds is 2. The van der Waals surface area contributed by atoms with E-state index in [0.717, 1.165) is 25.9 Å². The molecule has 1 saturated carbocycles. The Labute approximate surface area is 117 Å². The van der Waals surface area contributed by atoms with E-state index in [1.54, 1.807) is 0 Å². The number of hydrogen-bond acceptors (Lipinski definition) is 2. The van der Waals surface area contributed by atoms with E-state index in [1.807, 2.05) is 7.05 Å². The molecule has 1 amide bonds. The van der Waals surface area contributed by atoms with Crippen LogP contribution in [0.15, 0.2) is 0 Å². The molecule has 4 heteroatoms. The number of hydrogen-bond donors (Lipinski definition) is 1. The third-order valence-electron chi connectivity index (χ3n) is 4.60. The zero-order valence-electron chi connectivity index (χ0n) is 11.7. The van der Waals surface area contributed by atoms with Crippen LogP contribution < -0.4 is 5.32 Å². The molecule has 106 valence electrons. The van der Waals surface area contributed by atoms with Crippen molar-refractivity contribution >= 4 is 18.3 Å². The predicted molar refractivity (Wildman–Crippen MR) is 77.0 cm³/mol. The molecule has 1 saturated heterocycles. The van der Waals surface area contributed by atoms with Crippen molar-refractivity contribution in [2.45, 2.75) is 51.5 Å². The molecule has 1 aliphatic heterocycles. The first kappa shape index (κ1) is 15.8. The molecule has 2 rings (SSSR count). The third-order valence-corrected chi connectivity index (χ3v) is 4.60. The molecule has 2 fully saturated rings. The van der Waals surface area contributed by atoms with Gasteiger partial charge < -0.3 is 10.2 Å². The maximum absolute atomic E-state index is 12.4. The number of carbonyl (C=O) groups is 1. The summed E-state index contributed by atoms with van der Waals surface area (Å²) < 4.78 is 0. The molecule has 0 aromatic rings. The van der Waals surface area contributed by atoms with Crippen LogP contribution in [-0.2, 0) is 4.79 Å². The van der Waals surface area contributed by atoms with Crippen molar-refractivity contribution in [3.05, 3.63) is 0 Å². The van der Waals surface area contributed by atoms with E-state index in [9.17, 15) is 4.79 Å². The molecule has 3 nitrogen and oxygen atoms in total. The molecule has 0 bridgehead atoms. The van der Waals surface area contributed by atoms with Crippen LogP contribution in [0.5, 0.6) is 0 Å². The standard InChI is InChI=1S/C14H26N2O.ClH/c1-11-5-3-4-6-13(11)16(2)14(17)12-7-9-15-10-8-12;/h11-13,15H,3-10H2,1-2H3;1H. The lowest BCUT2D eigenvalue weighted by atomic mass is 9.84. The molecule has 0 aromatic carbocycles. The van der Waals surface area contributed by atoms with Gasteiger partial charge in [0.05, 0.1) is 0 Å². The summed E-state index contributed by atoms with van der Waals surface area (Å²) in [4.78, 5) is 14.5. The van der Waals surface area contributed by atoms with Gasteiger partial charge in [-0.3, -0.25) is 4.79 Å². The van der Waals surface area contributed by atoms with Crippen LogP contribution in [-0.4, -0.2) is 37.0 Å². The zero-order chi connectivity index (χ0) is 12.3. The fraction of sp³-hybridized carbons (Fsp3) is 0.929. The van der Waals surface area contributed by atoms with Crippen LogP contribution >= 0.6 is 12.4 Å². The summed E-state index contributed by atoms with van der Waals surface area (Å²) in [5.74, 6) is 1.35. The first-order valence-electron chi connectivity index (χ1n) is 7.17. The minimum Gasteiger partial charge on any atom is -0.342 e. The highest BCUT2D eigenvalue weighted by atomic mass is 35.5. The molecular weight excluding hydrogens is 248 g/mol. The highest BCUT2D eigenvalue weighted by Gasteiger charge is 2.31. The van der Waals surface area contributed by atoms with Gasteiger partial charge in [0, 0.05) is 19.0 Å². The maximum atomic E-state index is 12.4. The second kappa shape index (κ2) is 7.34. The number of nitrogens with zero attached hydrogens (tertiary/aromatic N) is 1. The van der Waals surface area contributed by atoms with Crippen molar-refractivity contribution in [1.82, 2.24) is 10.2 Å². The summed E-state index contributed by atoms with van der Waals surface area (Å²) >= 11 is 0. The SMILES string of the molecule is CC1CCCCC1N(C)C(=O)C1CCNCC1.Cl. The minimum absolute atomic E-state index is 0. The van der Waals surface area contributed by atoms with Gasteiger partial charge >= 0.3 is 0 Å². The van der Waals surface area contributed by atoms with Crippen LogP contribution in [0, 0.1) is 11.8 Å². The summed E-state index contributed by atoms with van der Waals surface area (Å²) in [6.07, 6.45) is 7.16. The predicted octanol–water partition coefficient (Wildman–Crippen LogP) is 2.44. The molecule has 2 atom stereocenters. The van der Waals surface area contributed by atoms with Crippen LogP contribution in [0.3, 0.4) is 0 Å². The molecule has 0 spiro atoms. The largest absolute Gasteiger partial charge is 0.342 e.